The molecule has 1 aromatic rings. The van der Waals surface area contributed by atoms with Crippen LogP contribution in [0.1, 0.15) is 12.5 Å². The van der Waals surface area contributed by atoms with E-state index in [2.05, 4.69) is 12.2 Å². The average molecular weight is 283 g/mol. The van der Waals surface area contributed by atoms with E-state index in [-0.39, 0.29) is 5.82 Å². The Morgan fingerprint density at radius 3 is 2.60 bits per heavy atom. The molecule has 0 radical (unpaired) electrons. The molecular formula is C16H26FNO2. The van der Waals surface area contributed by atoms with Crippen LogP contribution < -0.4 is 5.32 Å². The summed E-state index contributed by atoms with van der Waals surface area (Å²) in [6, 6.07) is 6.99. The first-order chi connectivity index (χ1) is 9.69. The summed E-state index contributed by atoms with van der Waals surface area (Å²) in [6.45, 7) is 5.16. The third-order valence-corrected chi connectivity index (χ3v) is 3.56. The minimum atomic E-state index is -0.126. The number of methoxy groups -OCH3 is 2. The molecule has 4 heteroatoms. The molecule has 20 heavy (non-hydrogen) atoms. The summed E-state index contributed by atoms with van der Waals surface area (Å²) >= 11 is 0. The van der Waals surface area contributed by atoms with Crippen LogP contribution in [0.5, 0.6) is 0 Å². The molecule has 114 valence electrons. The van der Waals surface area contributed by atoms with E-state index in [4.69, 9.17) is 9.47 Å². The molecule has 0 aromatic heterocycles. The maximum Gasteiger partial charge on any atom is 0.126 e. The highest BCUT2D eigenvalue weighted by atomic mass is 19.1. The predicted octanol–water partition coefficient (Wildman–Crippen LogP) is 2.50. The lowest BCUT2D eigenvalue weighted by atomic mass is 9.88. The van der Waals surface area contributed by atoms with Crippen LogP contribution in [0.25, 0.3) is 0 Å². The van der Waals surface area contributed by atoms with Gasteiger partial charge in [0.15, 0.2) is 0 Å². The van der Waals surface area contributed by atoms with Gasteiger partial charge in [0.05, 0.1) is 6.61 Å². The highest BCUT2D eigenvalue weighted by molar-refractivity contribution is 5.18. The molecule has 0 aliphatic rings. The summed E-state index contributed by atoms with van der Waals surface area (Å²) in [5, 5.41) is 3.36. The zero-order chi connectivity index (χ0) is 14.8. The van der Waals surface area contributed by atoms with Gasteiger partial charge in [-0.1, -0.05) is 25.1 Å². The minimum Gasteiger partial charge on any atom is -0.384 e. The van der Waals surface area contributed by atoms with Crippen molar-refractivity contribution in [1.29, 1.82) is 0 Å². The van der Waals surface area contributed by atoms with E-state index in [0.717, 1.165) is 25.1 Å². The van der Waals surface area contributed by atoms with Crippen molar-refractivity contribution < 1.29 is 13.9 Å². The van der Waals surface area contributed by atoms with Gasteiger partial charge in [-0.3, -0.25) is 0 Å². The quantitative estimate of drug-likeness (QED) is 0.669. The van der Waals surface area contributed by atoms with E-state index in [0.29, 0.717) is 25.0 Å². The van der Waals surface area contributed by atoms with Gasteiger partial charge in [-0.2, -0.15) is 0 Å². The van der Waals surface area contributed by atoms with E-state index >= 15 is 0 Å². The number of hydrogen-bond acceptors (Lipinski definition) is 3. The third-order valence-electron chi connectivity index (χ3n) is 3.56. The largest absolute Gasteiger partial charge is 0.384 e. The highest BCUT2D eigenvalue weighted by Gasteiger charge is 2.19. The smallest absolute Gasteiger partial charge is 0.126 e. The first kappa shape index (κ1) is 17.1. The van der Waals surface area contributed by atoms with Gasteiger partial charge in [0.2, 0.25) is 0 Å². The minimum absolute atomic E-state index is 0.126. The van der Waals surface area contributed by atoms with Gasteiger partial charge in [0.1, 0.15) is 5.82 Å². The Labute approximate surface area is 121 Å². The van der Waals surface area contributed by atoms with E-state index in [1.54, 1.807) is 20.3 Å². The van der Waals surface area contributed by atoms with Crippen LogP contribution in [0.15, 0.2) is 24.3 Å². The summed E-state index contributed by atoms with van der Waals surface area (Å²) in [5.74, 6) is 0.581. The maximum absolute atomic E-state index is 13.8. The lowest BCUT2D eigenvalue weighted by Crippen LogP contribution is -2.32. The monoisotopic (exact) mass is 283 g/mol. The Kier molecular flexibility index (Phi) is 8.42. The number of benzene rings is 1. The van der Waals surface area contributed by atoms with Crippen LogP contribution in [-0.4, -0.2) is 40.5 Å². The molecule has 0 aliphatic carbocycles. The Morgan fingerprint density at radius 1 is 1.20 bits per heavy atom. The molecule has 0 saturated heterocycles. The van der Waals surface area contributed by atoms with Crippen LogP contribution in [0.4, 0.5) is 4.39 Å². The van der Waals surface area contributed by atoms with E-state index < -0.39 is 0 Å². The standard InChI is InChI=1S/C16H26FNO2/c1-13(12-20-3)15(11-18-8-9-19-2)10-14-6-4-5-7-16(14)17/h4-7,13,15,18H,8-12H2,1-3H3. The van der Waals surface area contributed by atoms with Crippen molar-refractivity contribution in [1.82, 2.24) is 5.32 Å². The van der Waals surface area contributed by atoms with Crippen LogP contribution in [0, 0.1) is 17.7 Å². The summed E-state index contributed by atoms with van der Waals surface area (Å²) in [7, 11) is 3.39. The van der Waals surface area contributed by atoms with E-state index in [9.17, 15) is 4.39 Å². The molecule has 0 bridgehead atoms. The van der Waals surface area contributed by atoms with Crippen molar-refractivity contribution in [3.05, 3.63) is 35.6 Å². The van der Waals surface area contributed by atoms with Crippen molar-refractivity contribution >= 4 is 0 Å². The fourth-order valence-electron chi connectivity index (χ4n) is 2.28. The highest BCUT2D eigenvalue weighted by Crippen LogP contribution is 2.19. The molecule has 0 heterocycles. The van der Waals surface area contributed by atoms with Crippen LogP contribution in [-0.2, 0) is 15.9 Å². The van der Waals surface area contributed by atoms with Crippen LogP contribution >= 0.6 is 0 Å². The molecule has 0 spiro atoms. The number of ether oxygens (including phenoxy) is 2. The Hall–Kier alpha value is -0.970. The molecule has 2 unspecified atom stereocenters. The molecule has 0 saturated carbocycles. The van der Waals surface area contributed by atoms with Crippen molar-refractivity contribution in [3.8, 4) is 0 Å². The molecule has 1 aromatic carbocycles. The fourth-order valence-corrected chi connectivity index (χ4v) is 2.28. The van der Waals surface area contributed by atoms with Crippen LogP contribution in [0.3, 0.4) is 0 Å². The van der Waals surface area contributed by atoms with Crippen molar-refractivity contribution in [2.24, 2.45) is 11.8 Å². The normalized spacial score (nSPS) is 14.2. The number of rotatable bonds is 10. The van der Waals surface area contributed by atoms with Crippen molar-refractivity contribution in [2.45, 2.75) is 13.3 Å². The molecule has 0 aliphatic heterocycles. The molecular weight excluding hydrogens is 257 g/mol. The summed E-state index contributed by atoms with van der Waals surface area (Å²) in [4.78, 5) is 0. The Bertz CT molecular complexity index is 373. The average Bonchev–Trinajstić information content (AvgIpc) is 2.44. The van der Waals surface area contributed by atoms with E-state index in [1.807, 2.05) is 12.1 Å². The molecule has 0 fully saturated rings. The second-order valence-corrected chi connectivity index (χ2v) is 5.19. The topological polar surface area (TPSA) is 30.5 Å². The number of nitrogens with one attached hydrogen (secondary N) is 1. The predicted molar refractivity (Wildman–Crippen MR) is 79.4 cm³/mol. The Morgan fingerprint density at radius 2 is 1.95 bits per heavy atom. The molecule has 1 rings (SSSR count). The third kappa shape index (κ3) is 5.99. The maximum atomic E-state index is 13.8. The lowest BCUT2D eigenvalue weighted by Gasteiger charge is -2.24. The van der Waals surface area contributed by atoms with Crippen molar-refractivity contribution in [3.63, 3.8) is 0 Å². The SMILES string of the molecule is COCCNCC(Cc1ccccc1F)C(C)COC. The van der Waals surface area contributed by atoms with Gasteiger partial charge >= 0.3 is 0 Å². The summed E-state index contributed by atoms with van der Waals surface area (Å²) in [6.07, 6.45) is 0.719. The summed E-state index contributed by atoms with van der Waals surface area (Å²) in [5.41, 5.74) is 0.772. The second-order valence-electron chi connectivity index (χ2n) is 5.19. The summed E-state index contributed by atoms with van der Waals surface area (Å²) < 4.78 is 24.0. The lowest BCUT2D eigenvalue weighted by molar-refractivity contribution is 0.126. The van der Waals surface area contributed by atoms with Crippen molar-refractivity contribution in [2.75, 3.05) is 40.5 Å². The number of hydrogen-bond donors (Lipinski definition) is 1. The van der Waals surface area contributed by atoms with Gasteiger partial charge in [0, 0.05) is 27.4 Å². The zero-order valence-corrected chi connectivity index (χ0v) is 12.7. The fraction of sp³-hybridized carbons (Fsp3) is 0.625. The molecule has 1 N–H and O–H groups in total. The van der Waals surface area contributed by atoms with Crippen LogP contribution in [0.2, 0.25) is 0 Å². The van der Waals surface area contributed by atoms with Gasteiger partial charge < -0.3 is 14.8 Å². The first-order valence-corrected chi connectivity index (χ1v) is 7.11. The second kappa shape index (κ2) is 9.86. The van der Waals surface area contributed by atoms with Gasteiger partial charge in [-0.05, 0) is 36.4 Å². The van der Waals surface area contributed by atoms with Gasteiger partial charge in [0.25, 0.3) is 0 Å². The first-order valence-electron chi connectivity index (χ1n) is 7.11. The molecule has 3 nitrogen and oxygen atoms in total. The molecule has 2 atom stereocenters. The van der Waals surface area contributed by atoms with Gasteiger partial charge in [-0.25, -0.2) is 4.39 Å². The number of halogens is 1. The molecule has 0 amide bonds. The zero-order valence-electron chi connectivity index (χ0n) is 12.7. The Balaban J connectivity index is 2.59. The van der Waals surface area contributed by atoms with E-state index in [1.165, 1.54) is 6.07 Å². The van der Waals surface area contributed by atoms with Gasteiger partial charge in [-0.15, -0.1) is 0 Å².